The molecule has 3 rings (SSSR count). The number of ketones is 1. The Labute approximate surface area is 112 Å². The molecule has 0 atom stereocenters. The second-order valence-corrected chi connectivity index (χ2v) is 5.29. The Bertz CT molecular complexity index is 596. The Hall–Kier alpha value is -1.68. The second-order valence-electron chi connectivity index (χ2n) is 5.29. The molecule has 0 amide bonds. The van der Waals surface area contributed by atoms with Crippen molar-refractivity contribution in [3.63, 3.8) is 0 Å². The number of nitrogens with one attached hydrogen (secondary N) is 2. The van der Waals surface area contributed by atoms with E-state index in [9.17, 15) is 4.79 Å². The fraction of sp³-hybridized carbons (Fsp3) is 0.467. The van der Waals surface area contributed by atoms with Crippen LogP contribution in [0.15, 0.2) is 18.2 Å². The number of fused-ring (bicyclic) bond motifs is 1. The van der Waals surface area contributed by atoms with E-state index in [0.29, 0.717) is 12.5 Å². The van der Waals surface area contributed by atoms with Crippen LogP contribution in [0.5, 0.6) is 0 Å². The van der Waals surface area contributed by atoms with Crippen LogP contribution < -0.4 is 5.32 Å². The summed E-state index contributed by atoms with van der Waals surface area (Å²) in [4.78, 5) is 19.9. The maximum atomic E-state index is 11.9. The van der Waals surface area contributed by atoms with E-state index in [2.05, 4.69) is 15.3 Å². The Kier molecular flexibility index (Phi) is 3.34. The first-order chi connectivity index (χ1) is 9.28. The van der Waals surface area contributed by atoms with Gasteiger partial charge in [0.25, 0.3) is 0 Å². The van der Waals surface area contributed by atoms with Crippen LogP contribution in [-0.4, -0.2) is 29.3 Å². The number of carbonyl (C=O) groups is 1. The molecule has 19 heavy (non-hydrogen) atoms. The largest absolute Gasteiger partial charge is 0.342 e. The summed E-state index contributed by atoms with van der Waals surface area (Å²) in [7, 11) is 1.78. The number of Topliss-reactive ketones (excluding diaryl/α,β-unsaturated/α-hetero) is 1. The van der Waals surface area contributed by atoms with Crippen molar-refractivity contribution in [2.24, 2.45) is 0 Å². The van der Waals surface area contributed by atoms with Crippen molar-refractivity contribution in [2.45, 2.75) is 31.6 Å². The number of nitrogens with zero attached hydrogens (tertiary/aromatic N) is 1. The van der Waals surface area contributed by atoms with Gasteiger partial charge in [-0.15, -0.1) is 0 Å². The van der Waals surface area contributed by atoms with Gasteiger partial charge in [0.05, 0.1) is 17.6 Å². The molecule has 2 aromatic rings. The van der Waals surface area contributed by atoms with E-state index in [1.54, 1.807) is 7.05 Å². The second kappa shape index (κ2) is 5.13. The predicted octanol–water partition coefficient (Wildman–Crippen LogP) is 2.62. The molecule has 0 aliphatic heterocycles. The maximum Gasteiger partial charge on any atom is 0.176 e. The minimum atomic E-state index is 0.112. The van der Waals surface area contributed by atoms with Crippen LogP contribution in [0, 0.1) is 0 Å². The highest BCUT2D eigenvalue weighted by atomic mass is 16.1. The van der Waals surface area contributed by atoms with Gasteiger partial charge in [-0.25, -0.2) is 4.98 Å². The molecule has 2 N–H and O–H groups in total. The molecule has 1 aromatic heterocycles. The zero-order valence-electron chi connectivity index (χ0n) is 11.2. The van der Waals surface area contributed by atoms with Crippen LogP contribution in [0.3, 0.4) is 0 Å². The molecule has 100 valence electrons. The van der Waals surface area contributed by atoms with Crippen molar-refractivity contribution in [3.05, 3.63) is 29.6 Å². The number of likely N-dealkylation sites (N-methyl/N-ethyl adjacent to an activating group) is 1. The molecule has 0 radical (unpaired) electrons. The molecular formula is C15H19N3O. The lowest BCUT2D eigenvalue weighted by atomic mass is 10.1. The highest BCUT2D eigenvalue weighted by molar-refractivity contribution is 6.00. The summed E-state index contributed by atoms with van der Waals surface area (Å²) >= 11 is 0. The molecule has 4 heteroatoms. The maximum absolute atomic E-state index is 11.9. The smallest absolute Gasteiger partial charge is 0.176 e. The fourth-order valence-electron chi connectivity index (χ4n) is 2.86. The Morgan fingerprint density at radius 3 is 2.95 bits per heavy atom. The van der Waals surface area contributed by atoms with Crippen molar-refractivity contribution in [3.8, 4) is 0 Å². The summed E-state index contributed by atoms with van der Waals surface area (Å²) in [5.41, 5.74) is 2.68. The fourth-order valence-corrected chi connectivity index (χ4v) is 2.86. The molecule has 0 saturated heterocycles. The van der Waals surface area contributed by atoms with Gasteiger partial charge < -0.3 is 10.3 Å². The van der Waals surface area contributed by atoms with E-state index in [-0.39, 0.29) is 5.78 Å². The average Bonchev–Trinajstić information content (AvgIpc) is 3.07. The summed E-state index contributed by atoms with van der Waals surface area (Å²) in [5, 5.41) is 2.89. The number of rotatable bonds is 4. The van der Waals surface area contributed by atoms with E-state index in [1.807, 2.05) is 18.2 Å². The van der Waals surface area contributed by atoms with Crippen LogP contribution in [0.25, 0.3) is 11.0 Å². The highest BCUT2D eigenvalue weighted by Crippen LogP contribution is 2.33. The van der Waals surface area contributed by atoms with Crippen molar-refractivity contribution in [1.82, 2.24) is 15.3 Å². The molecule has 0 spiro atoms. The first-order valence-corrected chi connectivity index (χ1v) is 6.95. The average molecular weight is 257 g/mol. The van der Waals surface area contributed by atoms with Crippen molar-refractivity contribution in [2.75, 3.05) is 13.6 Å². The molecule has 0 unspecified atom stereocenters. The molecule has 1 saturated carbocycles. The Morgan fingerprint density at radius 2 is 2.21 bits per heavy atom. The third kappa shape index (κ3) is 2.40. The van der Waals surface area contributed by atoms with Crippen molar-refractivity contribution < 1.29 is 4.79 Å². The first kappa shape index (κ1) is 12.4. The minimum Gasteiger partial charge on any atom is -0.342 e. The number of H-pyrrole nitrogens is 1. The number of aromatic amines is 1. The zero-order chi connectivity index (χ0) is 13.2. The number of benzene rings is 1. The van der Waals surface area contributed by atoms with E-state index >= 15 is 0 Å². The molecule has 1 aliphatic carbocycles. The lowest BCUT2D eigenvalue weighted by Gasteiger charge is -2.02. The normalized spacial score (nSPS) is 16.3. The third-order valence-electron chi connectivity index (χ3n) is 3.90. The number of imidazole rings is 1. The monoisotopic (exact) mass is 257 g/mol. The van der Waals surface area contributed by atoms with Gasteiger partial charge in [-0.2, -0.15) is 0 Å². The van der Waals surface area contributed by atoms with Gasteiger partial charge in [-0.1, -0.05) is 12.8 Å². The molecule has 1 heterocycles. The molecule has 1 aromatic carbocycles. The lowest BCUT2D eigenvalue weighted by molar-refractivity contribution is 0.0993. The van der Waals surface area contributed by atoms with Gasteiger partial charge in [-0.3, -0.25) is 4.79 Å². The van der Waals surface area contributed by atoms with Crippen LogP contribution >= 0.6 is 0 Å². The number of aromatic nitrogens is 2. The van der Waals surface area contributed by atoms with Gasteiger partial charge in [0.2, 0.25) is 0 Å². The summed E-state index contributed by atoms with van der Waals surface area (Å²) in [5.74, 6) is 1.77. The Balaban J connectivity index is 1.92. The molecule has 1 aliphatic rings. The highest BCUT2D eigenvalue weighted by Gasteiger charge is 2.20. The van der Waals surface area contributed by atoms with Crippen LogP contribution in [0.1, 0.15) is 47.8 Å². The number of hydrogen-bond acceptors (Lipinski definition) is 3. The van der Waals surface area contributed by atoms with Crippen LogP contribution in [0.2, 0.25) is 0 Å². The van der Waals surface area contributed by atoms with Crippen molar-refractivity contribution >= 4 is 16.8 Å². The topological polar surface area (TPSA) is 57.8 Å². The standard InChI is InChI=1S/C15H19N3O/c1-16-9-14(19)11-6-7-12-13(8-11)18-15(17-12)10-4-2-3-5-10/h6-8,10,16H,2-5,9H2,1H3,(H,17,18). The SMILES string of the molecule is CNCC(=O)c1ccc2nc(C3CCCC3)[nH]c2c1. The van der Waals surface area contributed by atoms with E-state index in [4.69, 9.17) is 0 Å². The quantitative estimate of drug-likeness (QED) is 0.828. The minimum absolute atomic E-state index is 0.112. The molecular weight excluding hydrogens is 238 g/mol. The van der Waals surface area contributed by atoms with Crippen molar-refractivity contribution in [1.29, 1.82) is 0 Å². The van der Waals surface area contributed by atoms with Crippen LogP contribution in [0.4, 0.5) is 0 Å². The molecule has 1 fully saturated rings. The van der Waals surface area contributed by atoms with Gasteiger partial charge in [0.15, 0.2) is 5.78 Å². The van der Waals surface area contributed by atoms with Gasteiger partial charge in [0.1, 0.15) is 5.82 Å². The number of hydrogen-bond donors (Lipinski definition) is 2. The van der Waals surface area contributed by atoms with Gasteiger partial charge >= 0.3 is 0 Å². The summed E-state index contributed by atoms with van der Waals surface area (Å²) in [6.45, 7) is 0.370. The summed E-state index contributed by atoms with van der Waals surface area (Å²) in [6, 6.07) is 5.72. The first-order valence-electron chi connectivity index (χ1n) is 6.95. The molecule has 0 bridgehead atoms. The predicted molar refractivity (Wildman–Crippen MR) is 75.6 cm³/mol. The van der Waals surface area contributed by atoms with E-state index in [1.165, 1.54) is 25.7 Å². The van der Waals surface area contributed by atoms with Gasteiger partial charge in [0, 0.05) is 11.5 Å². The van der Waals surface area contributed by atoms with E-state index < -0.39 is 0 Å². The number of carbonyl (C=O) groups excluding carboxylic acids is 1. The van der Waals surface area contributed by atoms with Crippen LogP contribution in [-0.2, 0) is 0 Å². The van der Waals surface area contributed by atoms with E-state index in [0.717, 1.165) is 22.4 Å². The summed E-state index contributed by atoms with van der Waals surface area (Å²) in [6.07, 6.45) is 5.05. The zero-order valence-corrected chi connectivity index (χ0v) is 11.2. The summed E-state index contributed by atoms with van der Waals surface area (Å²) < 4.78 is 0. The molecule has 4 nitrogen and oxygen atoms in total. The Morgan fingerprint density at radius 1 is 1.42 bits per heavy atom. The third-order valence-corrected chi connectivity index (χ3v) is 3.90. The lowest BCUT2D eigenvalue weighted by Crippen LogP contribution is -2.18. The van der Waals surface area contributed by atoms with Gasteiger partial charge in [-0.05, 0) is 38.1 Å².